The Bertz CT molecular complexity index is 174. The molecule has 4 heteroatoms. The van der Waals surface area contributed by atoms with Crippen LogP contribution < -0.4 is 5.32 Å². The van der Waals surface area contributed by atoms with Gasteiger partial charge in [0.25, 0.3) is 0 Å². The summed E-state index contributed by atoms with van der Waals surface area (Å²) >= 11 is 1.78. The van der Waals surface area contributed by atoms with Gasteiger partial charge in [-0.2, -0.15) is 11.8 Å². The van der Waals surface area contributed by atoms with Crippen LogP contribution >= 0.6 is 11.8 Å². The Morgan fingerprint density at radius 2 is 2.13 bits per heavy atom. The van der Waals surface area contributed by atoms with E-state index in [9.17, 15) is 4.79 Å². The van der Waals surface area contributed by atoms with Gasteiger partial charge in [-0.15, -0.1) is 0 Å². The molecule has 0 heterocycles. The number of nitrogens with one attached hydrogen (secondary N) is 1. The maximum Gasteiger partial charge on any atom is 0.221 e. The zero-order chi connectivity index (χ0) is 11.7. The average Bonchev–Trinajstić information content (AvgIpc) is 2.17. The van der Waals surface area contributed by atoms with Crippen molar-refractivity contribution < 1.29 is 9.90 Å². The van der Waals surface area contributed by atoms with Crippen molar-refractivity contribution in [3.05, 3.63) is 0 Å². The van der Waals surface area contributed by atoms with Crippen molar-refractivity contribution in [1.29, 1.82) is 0 Å². The van der Waals surface area contributed by atoms with Crippen molar-refractivity contribution in [3.63, 3.8) is 0 Å². The lowest BCUT2D eigenvalue weighted by Gasteiger charge is -2.21. The van der Waals surface area contributed by atoms with Gasteiger partial charge in [-0.3, -0.25) is 4.79 Å². The van der Waals surface area contributed by atoms with E-state index in [1.807, 2.05) is 0 Å². The molecule has 0 saturated heterocycles. The Balaban J connectivity index is 3.78. The number of rotatable bonds is 8. The lowest BCUT2D eigenvalue weighted by molar-refractivity contribution is -0.121. The van der Waals surface area contributed by atoms with Crippen LogP contribution in [0.5, 0.6) is 0 Å². The van der Waals surface area contributed by atoms with E-state index in [2.05, 4.69) is 26.1 Å². The number of thioether (sulfide) groups is 1. The fourth-order valence-electron chi connectivity index (χ4n) is 1.30. The van der Waals surface area contributed by atoms with Crippen LogP contribution in [-0.2, 0) is 4.79 Å². The molecule has 3 nitrogen and oxygen atoms in total. The topological polar surface area (TPSA) is 49.3 Å². The van der Waals surface area contributed by atoms with Crippen LogP contribution in [0.2, 0.25) is 0 Å². The fourth-order valence-corrected chi connectivity index (χ4v) is 1.92. The van der Waals surface area contributed by atoms with Gasteiger partial charge in [-0.1, -0.05) is 20.8 Å². The van der Waals surface area contributed by atoms with Crippen LogP contribution in [0.25, 0.3) is 0 Å². The van der Waals surface area contributed by atoms with E-state index in [1.54, 1.807) is 11.8 Å². The maximum atomic E-state index is 11.5. The Labute approximate surface area is 97.0 Å². The Hall–Kier alpha value is -0.220. The normalized spacial score (nSPS) is 12.9. The Morgan fingerprint density at radius 3 is 2.60 bits per heavy atom. The molecule has 15 heavy (non-hydrogen) atoms. The summed E-state index contributed by atoms with van der Waals surface area (Å²) in [4.78, 5) is 11.5. The predicted octanol–water partition coefficient (Wildman–Crippen LogP) is 1.65. The van der Waals surface area contributed by atoms with E-state index in [0.717, 1.165) is 11.5 Å². The summed E-state index contributed by atoms with van der Waals surface area (Å²) < 4.78 is 0. The molecule has 0 spiro atoms. The molecule has 0 radical (unpaired) electrons. The molecule has 0 bridgehead atoms. The molecular formula is C11H23NO2S. The Kier molecular flexibility index (Phi) is 8.91. The highest BCUT2D eigenvalue weighted by Gasteiger charge is 2.14. The largest absolute Gasteiger partial charge is 0.396 e. The number of hydrogen-bond donors (Lipinski definition) is 2. The van der Waals surface area contributed by atoms with Crippen molar-refractivity contribution in [3.8, 4) is 0 Å². The van der Waals surface area contributed by atoms with Crippen molar-refractivity contribution >= 4 is 17.7 Å². The first-order chi connectivity index (χ1) is 7.11. The number of hydrogen-bond acceptors (Lipinski definition) is 3. The molecular weight excluding hydrogens is 210 g/mol. The minimum atomic E-state index is 0.100. The van der Waals surface area contributed by atoms with E-state index in [1.165, 1.54) is 0 Å². The number of aliphatic hydroxyl groups is 1. The molecule has 0 aromatic rings. The molecule has 90 valence electrons. The van der Waals surface area contributed by atoms with Crippen molar-refractivity contribution in [2.75, 3.05) is 18.1 Å². The van der Waals surface area contributed by atoms with Gasteiger partial charge in [0, 0.05) is 24.8 Å². The second-order valence-electron chi connectivity index (χ2n) is 3.88. The van der Waals surface area contributed by atoms with Crippen molar-refractivity contribution in [1.82, 2.24) is 5.32 Å². The van der Waals surface area contributed by atoms with E-state index in [4.69, 9.17) is 5.11 Å². The first-order valence-electron chi connectivity index (χ1n) is 5.59. The third kappa shape index (κ3) is 7.68. The van der Waals surface area contributed by atoms with E-state index in [0.29, 0.717) is 18.8 Å². The third-order valence-corrected chi connectivity index (χ3v) is 3.17. The van der Waals surface area contributed by atoms with Gasteiger partial charge in [0.1, 0.15) is 0 Å². The van der Waals surface area contributed by atoms with Crippen LogP contribution in [0.1, 0.15) is 33.6 Å². The number of amides is 1. The van der Waals surface area contributed by atoms with Crippen molar-refractivity contribution in [2.24, 2.45) is 5.92 Å². The molecule has 2 N–H and O–H groups in total. The highest BCUT2D eigenvalue weighted by atomic mass is 32.2. The molecule has 0 aliphatic carbocycles. The van der Waals surface area contributed by atoms with E-state index < -0.39 is 0 Å². The van der Waals surface area contributed by atoms with Gasteiger partial charge in [0.2, 0.25) is 5.91 Å². The second-order valence-corrected chi connectivity index (χ2v) is 5.27. The summed E-state index contributed by atoms with van der Waals surface area (Å²) in [7, 11) is 0. The minimum Gasteiger partial charge on any atom is -0.396 e. The third-order valence-electron chi connectivity index (χ3n) is 2.27. The van der Waals surface area contributed by atoms with Crippen molar-refractivity contribution in [2.45, 2.75) is 39.7 Å². The molecule has 0 aromatic carbocycles. The molecule has 1 atom stereocenters. The zero-order valence-electron chi connectivity index (χ0n) is 9.95. The van der Waals surface area contributed by atoms with Crippen LogP contribution in [0.15, 0.2) is 0 Å². The smallest absolute Gasteiger partial charge is 0.221 e. The molecule has 0 aromatic heterocycles. The summed E-state index contributed by atoms with van der Waals surface area (Å²) in [5, 5.41) is 11.8. The highest BCUT2D eigenvalue weighted by Crippen LogP contribution is 2.07. The molecule has 1 unspecified atom stereocenters. The fraction of sp³-hybridized carbons (Fsp3) is 0.909. The summed E-state index contributed by atoms with van der Waals surface area (Å²) in [6.07, 6.45) is 1.22. The SMILES string of the molecule is CCSCCC(=O)NC(CCO)C(C)C. The molecule has 0 aliphatic rings. The zero-order valence-corrected chi connectivity index (χ0v) is 10.8. The van der Waals surface area contributed by atoms with Gasteiger partial charge in [-0.25, -0.2) is 0 Å². The lowest BCUT2D eigenvalue weighted by Crippen LogP contribution is -2.39. The quantitative estimate of drug-likeness (QED) is 0.627. The van der Waals surface area contributed by atoms with Gasteiger partial charge in [-0.05, 0) is 18.1 Å². The minimum absolute atomic E-state index is 0.100. The molecule has 0 fully saturated rings. The van der Waals surface area contributed by atoms with E-state index >= 15 is 0 Å². The van der Waals surface area contributed by atoms with E-state index in [-0.39, 0.29) is 18.6 Å². The maximum absolute atomic E-state index is 11.5. The lowest BCUT2D eigenvalue weighted by atomic mass is 10.0. The first kappa shape index (κ1) is 14.8. The number of aliphatic hydroxyl groups excluding tert-OH is 1. The van der Waals surface area contributed by atoms with Crippen LogP contribution in [0.4, 0.5) is 0 Å². The highest BCUT2D eigenvalue weighted by molar-refractivity contribution is 7.99. The van der Waals surface area contributed by atoms with Gasteiger partial charge in [0.15, 0.2) is 0 Å². The predicted molar refractivity (Wildman–Crippen MR) is 66.1 cm³/mol. The van der Waals surface area contributed by atoms with Crippen LogP contribution in [-0.4, -0.2) is 35.2 Å². The second kappa shape index (κ2) is 9.04. The van der Waals surface area contributed by atoms with Gasteiger partial charge in [0.05, 0.1) is 0 Å². The summed E-state index contributed by atoms with van der Waals surface area (Å²) in [6.45, 7) is 6.33. The molecule has 1 amide bonds. The standard InChI is InChI=1S/C11H23NO2S/c1-4-15-8-6-11(14)12-10(5-7-13)9(2)3/h9-10,13H,4-8H2,1-3H3,(H,12,14). The van der Waals surface area contributed by atoms with Crippen LogP contribution in [0, 0.1) is 5.92 Å². The summed E-state index contributed by atoms with van der Waals surface area (Å²) in [6, 6.07) is 0.106. The average molecular weight is 233 g/mol. The van der Waals surface area contributed by atoms with Gasteiger partial charge >= 0.3 is 0 Å². The van der Waals surface area contributed by atoms with Gasteiger partial charge < -0.3 is 10.4 Å². The van der Waals surface area contributed by atoms with Crippen LogP contribution in [0.3, 0.4) is 0 Å². The monoisotopic (exact) mass is 233 g/mol. The molecule has 0 saturated carbocycles. The molecule has 0 rings (SSSR count). The number of carbonyl (C=O) groups is 1. The Morgan fingerprint density at radius 1 is 1.47 bits per heavy atom. The summed E-state index contributed by atoms with van der Waals surface area (Å²) in [5.74, 6) is 2.41. The molecule has 0 aliphatic heterocycles. The number of carbonyl (C=O) groups excluding carboxylic acids is 1. The summed E-state index contributed by atoms with van der Waals surface area (Å²) in [5.41, 5.74) is 0. The first-order valence-corrected chi connectivity index (χ1v) is 6.75.